The third-order valence-corrected chi connectivity index (χ3v) is 8.09. The minimum Gasteiger partial charge on any atom is -0.344 e. The first kappa shape index (κ1) is 24.6. The molecule has 2 amide bonds. The normalized spacial score (nSPS) is 21.0. The van der Waals surface area contributed by atoms with Gasteiger partial charge in [0.25, 0.3) is 5.92 Å². The van der Waals surface area contributed by atoms with E-state index in [4.69, 9.17) is 0 Å². The van der Waals surface area contributed by atoms with Crippen LogP contribution in [0, 0.1) is 0 Å². The first-order valence-electron chi connectivity index (χ1n) is 11.6. The summed E-state index contributed by atoms with van der Waals surface area (Å²) in [6.07, 6.45) is 3.84. The Morgan fingerprint density at radius 3 is 2.28 bits per heavy atom. The van der Waals surface area contributed by atoms with E-state index < -0.39 is 5.92 Å². The van der Waals surface area contributed by atoms with Crippen molar-refractivity contribution in [1.29, 1.82) is 0 Å². The third-order valence-electron chi connectivity index (χ3n) is 6.09. The Kier molecular flexibility index (Phi) is 6.88. The van der Waals surface area contributed by atoms with E-state index in [2.05, 4.69) is 36.0 Å². The van der Waals surface area contributed by atoms with Crippen molar-refractivity contribution in [2.75, 3.05) is 28.6 Å². The number of carbonyl (C=O) groups is 2. The van der Waals surface area contributed by atoms with E-state index in [0.29, 0.717) is 21.8 Å². The molecule has 0 spiro atoms. The van der Waals surface area contributed by atoms with Gasteiger partial charge >= 0.3 is 0 Å². The number of aromatic nitrogens is 5. The van der Waals surface area contributed by atoms with E-state index in [9.17, 15) is 18.4 Å². The molecular weight excluding hydrogens is 510 g/mol. The van der Waals surface area contributed by atoms with Gasteiger partial charge in [0, 0.05) is 18.8 Å². The predicted octanol–water partition coefficient (Wildman–Crippen LogP) is 3.82. The molecule has 1 aliphatic heterocycles. The smallest absolute Gasteiger partial charge is 0.282 e. The molecule has 3 aromatic rings. The number of alkyl halides is 2. The molecule has 1 saturated carbocycles. The first-order valence-corrected chi connectivity index (χ1v) is 13.2. The van der Waals surface area contributed by atoms with Gasteiger partial charge in [-0.25, -0.2) is 13.8 Å². The van der Waals surface area contributed by atoms with Gasteiger partial charge in [-0.15, -0.1) is 20.4 Å². The van der Waals surface area contributed by atoms with Crippen molar-refractivity contribution < 1.29 is 18.4 Å². The van der Waals surface area contributed by atoms with Crippen molar-refractivity contribution in [3.8, 4) is 0 Å². The molecule has 0 bridgehead atoms. The molecule has 2 atom stereocenters. The lowest BCUT2D eigenvalue weighted by molar-refractivity contribution is -0.116. The summed E-state index contributed by atoms with van der Waals surface area (Å²) >= 11 is 2.75. The molecule has 2 fully saturated rings. The predicted molar refractivity (Wildman–Crippen MR) is 132 cm³/mol. The largest absolute Gasteiger partial charge is 0.344 e. The summed E-state index contributed by atoms with van der Waals surface area (Å²) in [5.41, 5.74) is 0.496. The highest BCUT2D eigenvalue weighted by Crippen LogP contribution is 2.43. The van der Waals surface area contributed by atoms with Crippen LogP contribution in [0.4, 0.5) is 24.9 Å². The first-order chi connectivity index (χ1) is 17.2. The molecule has 4 heterocycles. The highest BCUT2D eigenvalue weighted by atomic mass is 32.1. The molecule has 0 radical (unpaired) electrons. The molecule has 2 unspecified atom stereocenters. The highest BCUT2D eigenvalue weighted by molar-refractivity contribution is 7.15. The van der Waals surface area contributed by atoms with Crippen LogP contribution in [0.15, 0.2) is 18.2 Å². The number of pyridine rings is 1. The molecule has 1 saturated heterocycles. The van der Waals surface area contributed by atoms with Gasteiger partial charge in [-0.1, -0.05) is 35.2 Å². The molecule has 1 aliphatic carbocycles. The standard InChI is InChI=1S/C22H24F2N8O2S2/c1-12(33)25-20-30-28-18(35-20)13-4-2-5-14(8-13)19-29-31-21(36-19)27-17(34)9-15-6-3-7-16(26-15)32-10-22(23,24)11-32/h3,6-7,13-14H,2,4-5,8-11H2,1H3,(H,25,30,33)(H,27,31,34). The summed E-state index contributed by atoms with van der Waals surface area (Å²) in [5, 5.41) is 24.9. The number of anilines is 3. The lowest BCUT2D eigenvalue weighted by Gasteiger charge is -2.39. The van der Waals surface area contributed by atoms with Crippen molar-refractivity contribution in [1.82, 2.24) is 25.4 Å². The quantitative estimate of drug-likeness (QED) is 0.469. The van der Waals surface area contributed by atoms with Crippen molar-refractivity contribution in [2.45, 2.75) is 56.8 Å². The molecular formula is C22H24F2N8O2S2. The van der Waals surface area contributed by atoms with Crippen LogP contribution < -0.4 is 15.5 Å². The van der Waals surface area contributed by atoms with E-state index >= 15 is 0 Å². The number of amides is 2. The fourth-order valence-electron chi connectivity index (χ4n) is 4.43. The van der Waals surface area contributed by atoms with E-state index in [1.165, 1.54) is 34.5 Å². The van der Waals surface area contributed by atoms with Crippen LogP contribution in [0.1, 0.15) is 60.2 Å². The molecule has 190 valence electrons. The molecule has 10 nitrogen and oxygen atoms in total. The van der Waals surface area contributed by atoms with Crippen molar-refractivity contribution in [3.63, 3.8) is 0 Å². The lowest BCUT2D eigenvalue weighted by atomic mass is 9.82. The van der Waals surface area contributed by atoms with Crippen molar-refractivity contribution in [2.24, 2.45) is 0 Å². The topological polar surface area (TPSA) is 126 Å². The minimum atomic E-state index is -2.68. The second kappa shape index (κ2) is 10.1. The highest BCUT2D eigenvalue weighted by Gasteiger charge is 2.44. The minimum absolute atomic E-state index is 0.00612. The van der Waals surface area contributed by atoms with E-state index in [1.807, 2.05) is 0 Å². The Morgan fingerprint density at radius 2 is 1.67 bits per heavy atom. The Bertz CT molecular complexity index is 1260. The Morgan fingerprint density at radius 1 is 1.03 bits per heavy atom. The van der Waals surface area contributed by atoms with Gasteiger partial charge in [0.05, 0.1) is 25.2 Å². The number of rotatable bonds is 7. The Balaban J connectivity index is 1.16. The summed E-state index contributed by atoms with van der Waals surface area (Å²) in [4.78, 5) is 29.6. The van der Waals surface area contributed by atoms with E-state index in [1.54, 1.807) is 18.2 Å². The number of carbonyl (C=O) groups excluding carboxylic acids is 2. The summed E-state index contributed by atoms with van der Waals surface area (Å²) < 4.78 is 26.3. The summed E-state index contributed by atoms with van der Waals surface area (Å²) in [5.74, 6) is -2.28. The van der Waals surface area contributed by atoms with Crippen molar-refractivity contribution >= 4 is 50.6 Å². The monoisotopic (exact) mass is 534 g/mol. The summed E-state index contributed by atoms with van der Waals surface area (Å²) in [7, 11) is 0. The van der Waals surface area contributed by atoms with Gasteiger partial charge in [-0.2, -0.15) is 0 Å². The van der Waals surface area contributed by atoms with Gasteiger partial charge in [0.2, 0.25) is 22.1 Å². The van der Waals surface area contributed by atoms with Crippen LogP contribution in [0.2, 0.25) is 0 Å². The molecule has 0 aromatic carbocycles. The second-order valence-corrected chi connectivity index (χ2v) is 11.1. The van der Waals surface area contributed by atoms with Gasteiger partial charge < -0.3 is 15.5 Å². The van der Waals surface area contributed by atoms with Gasteiger partial charge in [0.15, 0.2) is 0 Å². The Labute approximate surface area is 213 Å². The fraction of sp³-hybridized carbons (Fsp3) is 0.500. The Hall–Kier alpha value is -3.13. The zero-order chi connectivity index (χ0) is 25.3. The molecule has 2 N–H and O–H groups in total. The van der Waals surface area contributed by atoms with Crippen LogP contribution in [-0.4, -0.2) is 56.2 Å². The van der Waals surface area contributed by atoms with Gasteiger partial charge in [0.1, 0.15) is 15.8 Å². The van der Waals surface area contributed by atoms with Crippen LogP contribution in [0.5, 0.6) is 0 Å². The maximum Gasteiger partial charge on any atom is 0.282 e. The molecule has 3 aromatic heterocycles. The summed E-state index contributed by atoms with van der Waals surface area (Å²) in [6.45, 7) is 0.718. The van der Waals surface area contributed by atoms with Gasteiger partial charge in [-0.05, 0) is 31.4 Å². The number of hydrogen-bond donors (Lipinski definition) is 2. The SMILES string of the molecule is CC(=O)Nc1nnc(C2CCCC(c3nnc(NC(=O)Cc4cccc(N5CC(F)(F)C5)n4)s3)C2)s1. The van der Waals surface area contributed by atoms with Gasteiger partial charge in [-0.3, -0.25) is 9.59 Å². The average molecular weight is 535 g/mol. The number of hydrogen-bond acceptors (Lipinski definition) is 10. The number of nitrogens with zero attached hydrogens (tertiary/aromatic N) is 6. The zero-order valence-corrected chi connectivity index (χ0v) is 21.0. The van der Waals surface area contributed by atoms with E-state index in [0.717, 1.165) is 35.7 Å². The lowest BCUT2D eigenvalue weighted by Crippen LogP contribution is -2.56. The maximum absolute atomic E-state index is 13.1. The molecule has 2 aliphatic rings. The van der Waals surface area contributed by atoms with Crippen LogP contribution in [0.3, 0.4) is 0 Å². The average Bonchev–Trinajstić information content (AvgIpc) is 3.47. The van der Waals surface area contributed by atoms with Crippen LogP contribution >= 0.6 is 22.7 Å². The number of nitrogens with one attached hydrogen (secondary N) is 2. The summed E-state index contributed by atoms with van der Waals surface area (Å²) in [6, 6.07) is 5.06. The zero-order valence-electron chi connectivity index (χ0n) is 19.4. The molecule has 14 heteroatoms. The second-order valence-electron chi connectivity index (χ2n) is 9.06. The molecule has 5 rings (SSSR count). The van der Waals surface area contributed by atoms with Crippen LogP contribution in [0.25, 0.3) is 0 Å². The molecule has 36 heavy (non-hydrogen) atoms. The third kappa shape index (κ3) is 5.81. The van der Waals surface area contributed by atoms with Crippen LogP contribution in [-0.2, 0) is 16.0 Å². The maximum atomic E-state index is 13.1. The number of halogens is 2. The van der Waals surface area contributed by atoms with E-state index in [-0.39, 0.29) is 43.2 Å². The fourth-order valence-corrected chi connectivity index (χ4v) is 6.28. The van der Waals surface area contributed by atoms with Crippen molar-refractivity contribution in [3.05, 3.63) is 33.9 Å².